The number of guanidine groups is 1. The van der Waals surface area contributed by atoms with E-state index in [4.69, 9.17) is 0 Å². The fourth-order valence-electron chi connectivity index (χ4n) is 3.32. The second-order valence-corrected chi connectivity index (χ2v) is 7.55. The van der Waals surface area contributed by atoms with E-state index in [2.05, 4.69) is 55.8 Å². The maximum Gasteiger partial charge on any atom is 0.226 e. The van der Waals surface area contributed by atoms with E-state index >= 15 is 0 Å². The molecule has 2 N–H and O–H groups in total. The summed E-state index contributed by atoms with van der Waals surface area (Å²) in [5, 5.41) is 6.38. The van der Waals surface area contributed by atoms with Gasteiger partial charge in [-0.25, -0.2) is 0 Å². The van der Waals surface area contributed by atoms with Gasteiger partial charge in [-0.2, -0.15) is 0 Å². The molecule has 29 heavy (non-hydrogen) atoms. The van der Waals surface area contributed by atoms with E-state index in [1.165, 1.54) is 5.69 Å². The smallest absolute Gasteiger partial charge is 0.226 e. The molecule has 0 saturated carbocycles. The van der Waals surface area contributed by atoms with E-state index in [1.807, 2.05) is 45.2 Å². The van der Waals surface area contributed by atoms with E-state index in [-0.39, 0.29) is 11.8 Å². The molecular formula is C23H31N5O. The van der Waals surface area contributed by atoms with Crippen molar-refractivity contribution >= 4 is 23.2 Å². The normalized spacial score (nSPS) is 14.8. The van der Waals surface area contributed by atoms with E-state index in [1.54, 1.807) is 0 Å². The number of nitrogens with zero attached hydrogens (tertiary/aromatic N) is 3. The number of hydrogen-bond donors (Lipinski definition) is 2. The van der Waals surface area contributed by atoms with Crippen molar-refractivity contribution in [2.75, 3.05) is 43.4 Å². The van der Waals surface area contributed by atoms with Crippen molar-refractivity contribution in [1.29, 1.82) is 0 Å². The summed E-state index contributed by atoms with van der Waals surface area (Å²) < 4.78 is 0. The molecule has 2 aromatic carbocycles. The number of carbonyl (C=O) groups is 1. The highest BCUT2D eigenvalue weighted by Gasteiger charge is 2.19. The Morgan fingerprint density at radius 1 is 1.00 bits per heavy atom. The first-order valence-corrected chi connectivity index (χ1v) is 10.2. The Hall–Kier alpha value is -3.02. The summed E-state index contributed by atoms with van der Waals surface area (Å²) in [5.74, 6) is 0.933. The Labute approximate surface area is 173 Å². The van der Waals surface area contributed by atoms with Crippen molar-refractivity contribution in [3.63, 3.8) is 0 Å². The van der Waals surface area contributed by atoms with Gasteiger partial charge in [0.1, 0.15) is 0 Å². The molecule has 0 atom stereocenters. The molecule has 6 nitrogen and oxygen atoms in total. The molecule has 0 radical (unpaired) electrons. The lowest BCUT2D eigenvalue weighted by Crippen LogP contribution is -2.52. The minimum Gasteiger partial charge on any atom is -0.368 e. The van der Waals surface area contributed by atoms with Gasteiger partial charge >= 0.3 is 0 Å². The average molecular weight is 394 g/mol. The lowest BCUT2D eigenvalue weighted by atomic mass is 10.1. The molecule has 0 aliphatic carbocycles. The number of anilines is 2. The van der Waals surface area contributed by atoms with Gasteiger partial charge in [0.25, 0.3) is 0 Å². The van der Waals surface area contributed by atoms with Crippen molar-refractivity contribution in [2.45, 2.75) is 20.4 Å². The predicted molar refractivity (Wildman–Crippen MR) is 120 cm³/mol. The Morgan fingerprint density at radius 3 is 2.24 bits per heavy atom. The summed E-state index contributed by atoms with van der Waals surface area (Å²) in [4.78, 5) is 21.0. The van der Waals surface area contributed by atoms with Gasteiger partial charge in [-0.05, 0) is 29.8 Å². The molecule has 1 heterocycles. The van der Waals surface area contributed by atoms with Crippen molar-refractivity contribution in [2.24, 2.45) is 10.9 Å². The zero-order valence-corrected chi connectivity index (χ0v) is 17.6. The number of para-hydroxylation sites is 1. The van der Waals surface area contributed by atoms with E-state index < -0.39 is 0 Å². The first-order valence-electron chi connectivity index (χ1n) is 10.2. The summed E-state index contributed by atoms with van der Waals surface area (Å²) >= 11 is 0. The van der Waals surface area contributed by atoms with Crippen molar-refractivity contribution < 1.29 is 4.79 Å². The van der Waals surface area contributed by atoms with Crippen LogP contribution >= 0.6 is 0 Å². The minimum absolute atomic E-state index is 0.0259. The summed E-state index contributed by atoms with van der Waals surface area (Å²) in [6.45, 7) is 8.31. The third-order valence-electron chi connectivity index (χ3n) is 5.11. The van der Waals surface area contributed by atoms with Crippen LogP contribution in [0.5, 0.6) is 0 Å². The number of rotatable bonds is 5. The first-order chi connectivity index (χ1) is 14.1. The number of nitrogens with one attached hydrogen (secondary N) is 2. The van der Waals surface area contributed by atoms with Gasteiger partial charge in [-0.3, -0.25) is 9.79 Å². The fraction of sp³-hybridized carbons (Fsp3) is 0.391. The van der Waals surface area contributed by atoms with Crippen LogP contribution in [0.3, 0.4) is 0 Å². The highest BCUT2D eigenvalue weighted by atomic mass is 16.1. The van der Waals surface area contributed by atoms with E-state index in [0.717, 1.165) is 43.4 Å². The Bertz CT molecular complexity index is 809. The molecular weight excluding hydrogens is 362 g/mol. The molecule has 2 aromatic rings. The van der Waals surface area contributed by atoms with Gasteiger partial charge in [-0.1, -0.05) is 44.2 Å². The SMILES string of the molecule is CN=C(NCc1ccc(NC(=O)C(C)C)cc1)N1CCN(c2ccccc2)CC1. The molecule has 1 aliphatic rings. The van der Waals surface area contributed by atoms with Crippen LogP contribution in [0, 0.1) is 5.92 Å². The molecule has 0 bridgehead atoms. The highest BCUT2D eigenvalue weighted by Crippen LogP contribution is 2.16. The lowest BCUT2D eigenvalue weighted by molar-refractivity contribution is -0.118. The summed E-state index contributed by atoms with van der Waals surface area (Å²) in [7, 11) is 1.83. The number of carbonyl (C=O) groups excluding carboxylic acids is 1. The minimum atomic E-state index is -0.0259. The summed E-state index contributed by atoms with van der Waals surface area (Å²) in [5.41, 5.74) is 3.25. The zero-order chi connectivity index (χ0) is 20.6. The predicted octanol–water partition coefficient (Wildman–Crippen LogP) is 3.18. The largest absolute Gasteiger partial charge is 0.368 e. The number of benzene rings is 2. The van der Waals surface area contributed by atoms with Crippen LogP contribution in [0.4, 0.5) is 11.4 Å². The summed E-state index contributed by atoms with van der Waals surface area (Å²) in [6.07, 6.45) is 0. The quantitative estimate of drug-likeness (QED) is 0.605. The molecule has 6 heteroatoms. The van der Waals surface area contributed by atoms with Gasteiger partial charge in [0.2, 0.25) is 5.91 Å². The lowest BCUT2D eigenvalue weighted by Gasteiger charge is -2.37. The fourth-order valence-corrected chi connectivity index (χ4v) is 3.32. The molecule has 154 valence electrons. The first kappa shape index (κ1) is 20.7. The Morgan fingerprint density at radius 2 is 1.66 bits per heavy atom. The van der Waals surface area contributed by atoms with Crippen LogP contribution in [0.1, 0.15) is 19.4 Å². The standard InChI is InChI=1S/C23H31N5O/c1-18(2)22(29)26-20-11-9-19(10-12-20)17-25-23(24-3)28-15-13-27(14-16-28)21-7-5-4-6-8-21/h4-12,18H,13-17H2,1-3H3,(H,24,25)(H,26,29). The number of amides is 1. The van der Waals surface area contributed by atoms with Crippen LogP contribution in [0.15, 0.2) is 59.6 Å². The summed E-state index contributed by atoms with van der Waals surface area (Å²) in [6, 6.07) is 18.5. The maximum atomic E-state index is 11.8. The van der Waals surface area contributed by atoms with Gasteiger partial charge in [0.05, 0.1) is 0 Å². The zero-order valence-electron chi connectivity index (χ0n) is 17.6. The second kappa shape index (κ2) is 9.96. The molecule has 0 spiro atoms. The van der Waals surface area contributed by atoms with Crippen molar-refractivity contribution in [3.8, 4) is 0 Å². The van der Waals surface area contributed by atoms with Crippen LogP contribution in [-0.2, 0) is 11.3 Å². The van der Waals surface area contributed by atoms with Crippen LogP contribution in [0.25, 0.3) is 0 Å². The molecule has 1 saturated heterocycles. The number of piperazine rings is 1. The molecule has 1 aliphatic heterocycles. The number of hydrogen-bond acceptors (Lipinski definition) is 3. The Balaban J connectivity index is 1.49. The highest BCUT2D eigenvalue weighted by molar-refractivity contribution is 5.92. The van der Waals surface area contributed by atoms with Crippen molar-refractivity contribution in [1.82, 2.24) is 10.2 Å². The average Bonchev–Trinajstić information content (AvgIpc) is 2.76. The molecule has 1 fully saturated rings. The van der Waals surface area contributed by atoms with Crippen LogP contribution in [0.2, 0.25) is 0 Å². The maximum absolute atomic E-state index is 11.8. The molecule has 3 rings (SSSR count). The third kappa shape index (κ3) is 5.73. The van der Waals surface area contributed by atoms with Crippen molar-refractivity contribution in [3.05, 3.63) is 60.2 Å². The van der Waals surface area contributed by atoms with E-state index in [0.29, 0.717) is 6.54 Å². The molecule has 0 aromatic heterocycles. The third-order valence-corrected chi connectivity index (χ3v) is 5.11. The topological polar surface area (TPSA) is 60.0 Å². The van der Waals surface area contributed by atoms with Crippen LogP contribution < -0.4 is 15.5 Å². The monoisotopic (exact) mass is 393 g/mol. The number of aliphatic imine (C=N–C) groups is 1. The second-order valence-electron chi connectivity index (χ2n) is 7.55. The van der Waals surface area contributed by atoms with Gasteiger partial charge < -0.3 is 20.4 Å². The Kier molecular flexibility index (Phi) is 7.11. The van der Waals surface area contributed by atoms with E-state index in [9.17, 15) is 4.79 Å². The molecule has 0 unspecified atom stereocenters. The molecule has 1 amide bonds. The van der Waals surface area contributed by atoms with Gasteiger partial charge in [-0.15, -0.1) is 0 Å². The van der Waals surface area contributed by atoms with Gasteiger partial charge in [0.15, 0.2) is 5.96 Å². The van der Waals surface area contributed by atoms with Crippen LogP contribution in [-0.4, -0.2) is 50.0 Å². The van der Waals surface area contributed by atoms with Gasteiger partial charge in [0, 0.05) is 57.1 Å².